The highest BCUT2D eigenvalue weighted by atomic mass is 16.5. The van der Waals surface area contributed by atoms with Crippen molar-refractivity contribution in [2.24, 2.45) is 0 Å². The Labute approximate surface area is 86.0 Å². The summed E-state index contributed by atoms with van der Waals surface area (Å²) >= 11 is 0. The fourth-order valence-electron chi connectivity index (χ4n) is 1.87. The van der Waals surface area contributed by atoms with Gasteiger partial charge in [-0.1, -0.05) is 19.1 Å². The highest BCUT2D eigenvalue weighted by molar-refractivity contribution is 5.20. The van der Waals surface area contributed by atoms with E-state index in [-0.39, 0.29) is 0 Å². The molecule has 0 N–H and O–H groups in total. The first kappa shape index (κ1) is 11.2. The first-order valence-electron chi connectivity index (χ1n) is 5.17. The average Bonchev–Trinajstić information content (AvgIpc) is 2.27. The first-order chi connectivity index (χ1) is 6.79. The van der Waals surface area contributed by atoms with Crippen LogP contribution in [0, 0.1) is 11.3 Å². The standard InChI is InChI=1S/C11H18N2O/c1-3-5-11(4-2,10-12)13-6-8-14-9-7-13/h3,5H,4,6-9H2,1-2H3. The van der Waals surface area contributed by atoms with E-state index in [1.165, 1.54) is 0 Å². The second kappa shape index (κ2) is 5.14. The van der Waals surface area contributed by atoms with Crippen LogP contribution < -0.4 is 0 Å². The molecule has 3 nitrogen and oxygen atoms in total. The lowest BCUT2D eigenvalue weighted by Gasteiger charge is -2.38. The smallest absolute Gasteiger partial charge is 0.127 e. The van der Waals surface area contributed by atoms with Crippen LogP contribution in [0.5, 0.6) is 0 Å². The van der Waals surface area contributed by atoms with Gasteiger partial charge in [0.2, 0.25) is 0 Å². The van der Waals surface area contributed by atoms with E-state index in [1.54, 1.807) is 0 Å². The molecule has 3 heteroatoms. The zero-order valence-electron chi connectivity index (χ0n) is 8.99. The van der Waals surface area contributed by atoms with Crippen LogP contribution in [-0.2, 0) is 4.74 Å². The molecule has 0 radical (unpaired) electrons. The SMILES string of the molecule is CC=CC(C#N)(CC)N1CCOCC1. The number of allylic oxidation sites excluding steroid dienone is 1. The van der Waals surface area contributed by atoms with Crippen LogP contribution in [0.25, 0.3) is 0 Å². The molecular formula is C11H18N2O. The summed E-state index contributed by atoms with van der Waals surface area (Å²) in [5.41, 5.74) is -0.418. The molecular weight excluding hydrogens is 176 g/mol. The van der Waals surface area contributed by atoms with Crippen molar-refractivity contribution >= 4 is 0 Å². The molecule has 1 fully saturated rings. The Morgan fingerprint density at radius 2 is 2.14 bits per heavy atom. The van der Waals surface area contributed by atoms with Crippen molar-refractivity contribution in [2.45, 2.75) is 25.8 Å². The molecule has 1 rings (SSSR count). The molecule has 0 amide bonds. The Kier molecular flexibility index (Phi) is 4.12. The molecule has 0 bridgehead atoms. The van der Waals surface area contributed by atoms with Gasteiger partial charge in [0.1, 0.15) is 5.54 Å². The molecule has 1 atom stereocenters. The molecule has 0 aliphatic carbocycles. The van der Waals surface area contributed by atoms with Gasteiger partial charge in [-0.25, -0.2) is 0 Å². The van der Waals surface area contributed by atoms with Crippen LogP contribution in [0.3, 0.4) is 0 Å². The van der Waals surface area contributed by atoms with Gasteiger partial charge in [0.25, 0.3) is 0 Å². The molecule has 0 spiro atoms. The average molecular weight is 194 g/mol. The summed E-state index contributed by atoms with van der Waals surface area (Å²) in [6, 6.07) is 2.42. The maximum absolute atomic E-state index is 9.28. The van der Waals surface area contributed by atoms with E-state index in [0.717, 1.165) is 32.7 Å². The largest absolute Gasteiger partial charge is 0.379 e. The van der Waals surface area contributed by atoms with Crippen LogP contribution in [-0.4, -0.2) is 36.7 Å². The molecule has 78 valence electrons. The second-order valence-corrected chi connectivity index (χ2v) is 3.49. The quantitative estimate of drug-likeness (QED) is 0.640. The fourth-order valence-corrected chi connectivity index (χ4v) is 1.87. The monoisotopic (exact) mass is 194 g/mol. The van der Waals surface area contributed by atoms with Crippen molar-refractivity contribution in [3.8, 4) is 6.07 Å². The predicted molar refractivity (Wildman–Crippen MR) is 55.8 cm³/mol. The third-order valence-electron chi connectivity index (χ3n) is 2.75. The Bertz CT molecular complexity index is 238. The van der Waals surface area contributed by atoms with Crippen LogP contribution in [0.15, 0.2) is 12.2 Å². The Morgan fingerprint density at radius 3 is 2.57 bits per heavy atom. The third kappa shape index (κ3) is 2.14. The molecule has 14 heavy (non-hydrogen) atoms. The van der Waals surface area contributed by atoms with Crippen molar-refractivity contribution < 1.29 is 4.74 Å². The second-order valence-electron chi connectivity index (χ2n) is 3.49. The number of hydrogen-bond acceptors (Lipinski definition) is 3. The van der Waals surface area contributed by atoms with E-state index >= 15 is 0 Å². The normalized spacial score (nSPS) is 23.2. The Hall–Kier alpha value is -0.850. The van der Waals surface area contributed by atoms with Gasteiger partial charge >= 0.3 is 0 Å². The minimum Gasteiger partial charge on any atom is -0.379 e. The summed E-state index contributed by atoms with van der Waals surface area (Å²) in [4.78, 5) is 2.20. The predicted octanol–water partition coefficient (Wildman–Crippen LogP) is 1.57. The molecule has 1 saturated heterocycles. The molecule has 0 aromatic rings. The van der Waals surface area contributed by atoms with Crippen molar-refractivity contribution in [1.29, 1.82) is 5.26 Å². The van der Waals surface area contributed by atoms with Gasteiger partial charge in [-0.2, -0.15) is 5.26 Å². The molecule has 0 saturated carbocycles. The molecule has 1 heterocycles. The highest BCUT2D eigenvalue weighted by Gasteiger charge is 2.33. The van der Waals surface area contributed by atoms with Crippen molar-refractivity contribution in [1.82, 2.24) is 4.90 Å². The summed E-state index contributed by atoms with van der Waals surface area (Å²) in [6.07, 6.45) is 4.79. The lowest BCUT2D eigenvalue weighted by Crippen LogP contribution is -2.51. The van der Waals surface area contributed by atoms with Crippen LogP contribution in [0.1, 0.15) is 20.3 Å². The van der Waals surface area contributed by atoms with Gasteiger partial charge in [-0.05, 0) is 13.3 Å². The first-order valence-corrected chi connectivity index (χ1v) is 5.17. The Balaban J connectivity index is 2.79. The van der Waals surface area contributed by atoms with Gasteiger partial charge in [-0.3, -0.25) is 4.90 Å². The lowest BCUT2D eigenvalue weighted by atomic mass is 9.94. The van der Waals surface area contributed by atoms with Gasteiger partial charge in [0.15, 0.2) is 0 Å². The number of rotatable bonds is 3. The van der Waals surface area contributed by atoms with Gasteiger partial charge in [0, 0.05) is 13.1 Å². The fraction of sp³-hybridized carbons (Fsp3) is 0.727. The van der Waals surface area contributed by atoms with Crippen molar-refractivity contribution in [3.63, 3.8) is 0 Å². The molecule has 0 aromatic carbocycles. The molecule has 1 unspecified atom stereocenters. The topological polar surface area (TPSA) is 36.3 Å². The van der Waals surface area contributed by atoms with E-state index in [0.29, 0.717) is 0 Å². The number of hydrogen-bond donors (Lipinski definition) is 0. The molecule has 0 aromatic heterocycles. The van der Waals surface area contributed by atoms with E-state index < -0.39 is 5.54 Å². The number of nitrogens with zero attached hydrogens (tertiary/aromatic N) is 2. The minimum atomic E-state index is -0.418. The van der Waals surface area contributed by atoms with Crippen molar-refractivity contribution in [3.05, 3.63) is 12.2 Å². The maximum atomic E-state index is 9.28. The van der Waals surface area contributed by atoms with E-state index in [9.17, 15) is 5.26 Å². The number of morpholine rings is 1. The molecule has 1 aliphatic rings. The zero-order valence-corrected chi connectivity index (χ0v) is 8.99. The summed E-state index contributed by atoms with van der Waals surface area (Å²) in [7, 11) is 0. The van der Waals surface area contributed by atoms with Gasteiger partial charge < -0.3 is 4.74 Å². The van der Waals surface area contributed by atoms with Crippen LogP contribution in [0.2, 0.25) is 0 Å². The Morgan fingerprint density at radius 1 is 1.50 bits per heavy atom. The summed E-state index contributed by atoms with van der Waals surface area (Å²) in [5.74, 6) is 0. The number of nitriles is 1. The maximum Gasteiger partial charge on any atom is 0.127 e. The van der Waals surface area contributed by atoms with Crippen LogP contribution in [0.4, 0.5) is 0 Å². The lowest BCUT2D eigenvalue weighted by molar-refractivity contribution is 0.00873. The summed E-state index contributed by atoms with van der Waals surface area (Å²) in [5, 5.41) is 9.28. The number of ether oxygens (including phenoxy) is 1. The van der Waals surface area contributed by atoms with E-state index in [2.05, 4.69) is 17.9 Å². The third-order valence-corrected chi connectivity index (χ3v) is 2.75. The van der Waals surface area contributed by atoms with Crippen LogP contribution >= 0.6 is 0 Å². The van der Waals surface area contributed by atoms with Gasteiger partial charge in [0.05, 0.1) is 19.3 Å². The minimum absolute atomic E-state index is 0.418. The highest BCUT2D eigenvalue weighted by Crippen LogP contribution is 2.22. The van der Waals surface area contributed by atoms with Gasteiger partial charge in [-0.15, -0.1) is 0 Å². The van der Waals surface area contributed by atoms with Crippen molar-refractivity contribution in [2.75, 3.05) is 26.3 Å². The van der Waals surface area contributed by atoms with E-state index in [1.807, 2.05) is 19.1 Å². The zero-order chi connectivity index (χ0) is 10.4. The summed E-state index contributed by atoms with van der Waals surface area (Å²) in [6.45, 7) is 7.19. The van der Waals surface area contributed by atoms with E-state index in [4.69, 9.17) is 4.74 Å². The summed E-state index contributed by atoms with van der Waals surface area (Å²) < 4.78 is 5.29. The molecule has 1 aliphatic heterocycles.